The van der Waals surface area contributed by atoms with Crippen LogP contribution in [0.3, 0.4) is 0 Å². The number of nitrogens with one attached hydrogen (secondary N) is 1. The van der Waals surface area contributed by atoms with Crippen LogP contribution < -0.4 is 5.32 Å². The Kier molecular flexibility index (Phi) is 4.82. The van der Waals surface area contributed by atoms with Gasteiger partial charge in [0.25, 0.3) is 5.69 Å². The van der Waals surface area contributed by atoms with Crippen LogP contribution in [0, 0.1) is 10.1 Å². The Morgan fingerprint density at radius 2 is 2.12 bits per heavy atom. The average molecular weight is 377 g/mol. The van der Waals surface area contributed by atoms with Gasteiger partial charge in [0.05, 0.1) is 17.6 Å². The molecule has 8 heteroatoms. The quantitative estimate of drug-likeness (QED) is 0.493. The van der Waals surface area contributed by atoms with Crippen molar-refractivity contribution in [2.24, 2.45) is 0 Å². The molecule has 0 unspecified atom stereocenters. The van der Waals surface area contributed by atoms with Gasteiger partial charge in [-0.25, -0.2) is 4.79 Å². The van der Waals surface area contributed by atoms with Crippen molar-refractivity contribution in [3.05, 3.63) is 61.4 Å². The zero-order valence-electron chi connectivity index (χ0n) is 14.3. The fourth-order valence-corrected chi connectivity index (χ4v) is 3.73. The van der Waals surface area contributed by atoms with E-state index in [1.807, 2.05) is 0 Å². The van der Waals surface area contributed by atoms with E-state index in [2.05, 4.69) is 5.32 Å². The van der Waals surface area contributed by atoms with Gasteiger partial charge in [-0.2, -0.15) is 0 Å². The van der Waals surface area contributed by atoms with E-state index in [1.54, 1.807) is 13.0 Å². The van der Waals surface area contributed by atoms with Crippen LogP contribution in [0.1, 0.15) is 37.7 Å². The van der Waals surface area contributed by atoms with Crippen LogP contribution in [0.15, 0.2) is 40.7 Å². The van der Waals surface area contributed by atoms with Crippen molar-refractivity contribution >= 4 is 29.0 Å². The molecule has 0 spiro atoms. The summed E-state index contributed by atoms with van der Waals surface area (Å²) in [5.41, 5.74) is 2.28. The highest BCUT2D eigenvalue weighted by atomic mass is 35.5. The van der Waals surface area contributed by atoms with Gasteiger partial charge in [-0.1, -0.05) is 17.7 Å². The first kappa shape index (κ1) is 18.1. The maximum atomic E-state index is 12.6. The van der Waals surface area contributed by atoms with Crippen molar-refractivity contribution < 1.29 is 19.2 Å². The zero-order chi connectivity index (χ0) is 19.0. The molecule has 1 aliphatic heterocycles. The zero-order valence-corrected chi connectivity index (χ0v) is 15.1. The smallest absolute Gasteiger partial charge is 0.336 e. The second-order valence-electron chi connectivity index (χ2n) is 6.23. The highest BCUT2D eigenvalue weighted by molar-refractivity contribution is 6.32. The maximum Gasteiger partial charge on any atom is 0.336 e. The number of hydrogen-bond acceptors (Lipinski definition) is 6. The van der Waals surface area contributed by atoms with Crippen molar-refractivity contribution in [2.45, 2.75) is 32.1 Å². The van der Waals surface area contributed by atoms with Crippen molar-refractivity contribution in [2.75, 3.05) is 7.11 Å². The van der Waals surface area contributed by atoms with Crippen molar-refractivity contribution in [1.29, 1.82) is 0 Å². The number of nitro benzene ring substituents is 1. The van der Waals surface area contributed by atoms with Crippen LogP contribution in [0.5, 0.6) is 0 Å². The molecule has 0 radical (unpaired) electrons. The van der Waals surface area contributed by atoms with E-state index in [1.165, 1.54) is 19.2 Å². The standard InChI is InChI=1S/C18H17ClN2O5/c1-9-15(18(23)26-2)16(17-12(20-9)4-3-5-14(17)22)10-6-7-11(19)13(8-10)21(24)25/h6-8,16,20H,3-5H2,1-2H3/t16-/m0/s1. The van der Waals surface area contributed by atoms with Gasteiger partial charge in [-0.05, 0) is 31.4 Å². The number of halogens is 1. The summed E-state index contributed by atoms with van der Waals surface area (Å²) in [7, 11) is 1.26. The third-order valence-electron chi connectivity index (χ3n) is 4.68. The summed E-state index contributed by atoms with van der Waals surface area (Å²) < 4.78 is 4.90. The summed E-state index contributed by atoms with van der Waals surface area (Å²) >= 11 is 5.91. The van der Waals surface area contributed by atoms with E-state index >= 15 is 0 Å². The molecule has 0 fully saturated rings. The van der Waals surface area contributed by atoms with Gasteiger partial charge in [0, 0.05) is 35.4 Å². The third kappa shape index (κ3) is 2.99. The predicted molar refractivity (Wildman–Crippen MR) is 94.6 cm³/mol. The highest BCUT2D eigenvalue weighted by Crippen LogP contribution is 2.43. The number of hydrogen-bond donors (Lipinski definition) is 1. The molecule has 1 heterocycles. The molecule has 2 aliphatic rings. The topological polar surface area (TPSA) is 98.5 Å². The molecule has 1 atom stereocenters. The average Bonchev–Trinajstić information content (AvgIpc) is 2.60. The van der Waals surface area contributed by atoms with E-state index in [4.69, 9.17) is 16.3 Å². The molecule has 1 aromatic carbocycles. The molecule has 0 amide bonds. The Morgan fingerprint density at radius 3 is 2.77 bits per heavy atom. The van der Waals surface area contributed by atoms with Crippen LogP contribution >= 0.6 is 11.6 Å². The number of carbonyl (C=O) groups is 2. The second kappa shape index (κ2) is 6.92. The fraction of sp³-hybridized carbons (Fsp3) is 0.333. The van der Waals surface area contributed by atoms with Gasteiger partial charge in [0.1, 0.15) is 5.02 Å². The van der Waals surface area contributed by atoms with Gasteiger partial charge in [0.2, 0.25) is 0 Å². The first-order valence-electron chi connectivity index (χ1n) is 8.11. The number of ketones is 1. The molecule has 0 saturated carbocycles. The minimum absolute atomic E-state index is 0.00261. The van der Waals surface area contributed by atoms with Crippen LogP contribution in [0.2, 0.25) is 5.02 Å². The molecule has 26 heavy (non-hydrogen) atoms. The summed E-state index contributed by atoms with van der Waals surface area (Å²) in [6, 6.07) is 4.34. The van der Waals surface area contributed by atoms with E-state index in [0.717, 1.165) is 12.1 Å². The summed E-state index contributed by atoms with van der Waals surface area (Å²) in [6.07, 6.45) is 1.78. The number of esters is 1. The number of nitrogens with zero attached hydrogens (tertiary/aromatic N) is 1. The monoisotopic (exact) mass is 376 g/mol. The number of rotatable bonds is 3. The number of nitro groups is 1. The first-order chi connectivity index (χ1) is 12.3. The number of dihydropyridines is 1. The number of carbonyl (C=O) groups excluding carboxylic acids is 2. The third-order valence-corrected chi connectivity index (χ3v) is 5.00. The van der Waals surface area contributed by atoms with Gasteiger partial charge < -0.3 is 10.1 Å². The normalized spacial score (nSPS) is 19.8. The fourth-order valence-electron chi connectivity index (χ4n) is 3.55. The highest BCUT2D eigenvalue weighted by Gasteiger charge is 2.39. The molecule has 1 aromatic rings. The van der Waals surface area contributed by atoms with E-state index in [-0.39, 0.29) is 22.1 Å². The molecule has 3 rings (SSSR count). The van der Waals surface area contributed by atoms with Crippen molar-refractivity contribution in [3.8, 4) is 0 Å². The minimum Gasteiger partial charge on any atom is -0.466 e. The van der Waals surface area contributed by atoms with E-state index < -0.39 is 16.8 Å². The number of Topliss-reactive ketones (excluding diaryl/α,β-unsaturated/α-hetero) is 1. The SMILES string of the molecule is COC(=O)C1=C(C)NC2=C(C(=O)CCC2)[C@H]1c1ccc(Cl)c([N+](=O)[O-])c1. The largest absolute Gasteiger partial charge is 0.466 e. The molecule has 0 bridgehead atoms. The van der Waals surface area contributed by atoms with Crippen LogP contribution in [-0.2, 0) is 14.3 Å². The molecule has 0 saturated heterocycles. The molecule has 1 N–H and O–H groups in total. The van der Waals surface area contributed by atoms with Crippen LogP contribution in [-0.4, -0.2) is 23.8 Å². The van der Waals surface area contributed by atoms with Crippen molar-refractivity contribution in [3.63, 3.8) is 0 Å². The van der Waals surface area contributed by atoms with Gasteiger partial charge in [0.15, 0.2) is 5.78 Å². The molecular formula is C18H17ClN2O5. The van der Waals surface area contributed by atoms with Gasteiger partial charge in [-0.3, -0.25) is 14.9 Å². The van der Waals surface area contributed by atoms with Gasteiger partial charge in [-0.15, -0.1) is 0 Å². The Morgan fingerprint density at radius 1 is 1.38 bits per heavy atom. The lowest BCUT2D eigenvalue weighted by Crippen LogP contribution is -2.34. The van der Waals surface area contributed by atoms with E-state index in [0.29, 0.717) is 29.7 Å². The molecule has 1 aliphatic carbocycles. The maximum absolute atomic E-state index is 12.6. The lowest BCUT2D eigenvalue weighted by Gasteiger charge is -2.34. The summed E-state index contributed by atoms with van der Waals surface area (Å²) in [4.78, 5) is 35.7. The molecule has 7 nitrogen and oxygen atoms in total. The van der Waals surface area contributed by atoms with Crippen molar-refractivity contribution in [1.82, 2.24) is 5.32 Å². The number of allylic oxidation sites excluding steroid dienone is 3. The summed E-state index contributed by atoms with van der Waals surface area (Å²) in [5, 5.41) is 14.4. The molecule has 0 aromatic heterocycles. The molecule has 136 valence electrons. The van der Waals surface area contributed by atoms with Crippen LogP contribution in [0.25, 0.3) is 0 Å². The Bertz CT molecular complexity index is 888. The Labute approximate surface area is 154 Å². The number of ether oxygens (including phenoxy) is 1. The second-order valence-corrected chi connectivity index (χ2v) is 6.63. The number of benzene rings is 1. The summed E-state index contributed by atoms with van der Waals surface area (Å²) in [5.74, 6) is -1.37. The Hall–Kier alpha value is -2.67. The first-order valence-corrected chi connectivity index (χ1v) is 8.49. The molecular weight excluding hydrogens is 360 g/mol. The number of methoxy groups -OCH3 is 1. The van der Waals surface area contributed by atoms with Gasteiger partial charge >= 0.3 is 5.97 Å². The minimum atomic E-state index is -0.720. The lowest BCUT2D eigenvalue weighted by atomic mass is 9.75. The summed E-state index contributed by atoms with van der Waals surface area (Å²) in [6.45, 7) is 1.73. The van der Waals surface area contributed by atoms with Crippen LogP contribution in [0.4, 0.5) is 5.69 Å². The lowest BCUT2D eigenvalue weighted by molar-refractivity contribution is -0.384. The van der Waals surface area contributed by atoms with E-state index in [9.17, 15) is 19.7 Å². The Balaban J connectivity index is 2.24. The predicted octanol–water partition coefficient (Wildman–Crippen LogP) is 3.39.